The molecule has 1 atom stereocenters. The van der Waals surface area contributed by atoms with Gasteiger partial charge in [0.25, 0.3) is 11.5 Å². The Hall–Kier alpha value is -3.45. The van der Waals surface area contributed by atoms with Crippen LogP contribution in [-0.2, 0) is 11.3 Å². The van der Waals surface area contributed by atoms with Gasteiger partial charge in [-0.15, -0.1) is 0 Å². The van der Waals surface area contributed by atoms with Crippen molar-refractivity contribution in [2.45, 2.75) is 19.9 Å². The molecule has 1 fully saturated rings. The van der Waals surface area contributed by atoms with Gasteiger partial charge in [0.2, 0.25) is 0 Å². The van der Waals surface area contributed by atoms with Crippen LogP contribution >= 0.6 is 0 Å². The summed E-state index contributed by atoms with van der Waals surface area (Å²) in [7, 11) is 0. The zero-order valence-electron chi connectivity index (χ0n) is 17.4. The Morgan fingerprint density at radius 2 is 2.13 bits per heavy atom. The van der Waals surface area contributed by atoms with Gasteiger partial charge in [0.15, 0.2) is 0 Å². The van der Waals surface area contributed by atoms with E-state index in [9.17, 15) is 9.59 Å². The van der Waals surface area contributed by atoms with Crippen molar-refractivity contribution < 1.29 is 14.3 Å². The van der Waals surface area contributed by atoms with E-state index in [0.717, 1.165) is 29.7 Å². The summed E-state index contributed by atoms with van der Waals surface area (Å²) in [6.45, 7) is 4.06. The van der Waals surface area contributed by atoms with E-state index in [1.54, 1.807) is 24.5 Å². The van der Waals surface area contributed by atoms with Gasteiger partial charge in [0.05, 0.1) is 19.4 Å². The van der Waals surface area contributed by atoms with Gasteiger partial charge in [-0.25, -0.2) is 0 Å². The van der Waals surface area contributed by atoms with Crippen molar-refractivity contribution in [1.29, 1.82) is 0 Å². The second-order valence-corrected chi connectivity index (χ2v) is 7.62. The summed E-state index contributed by atoms with van der Waals surface area (Å²) < 4.78 is 11.3. The molecule has 2 aromatic heterocycles. The smallest absolute Gasteiger partial charge is 0.261 e. The number of carbonyl (C=O) groups excluding carboxylic acids is 1. The van der Waals surface area contributed by atoms with Crippen molar-refractivity contribution in [2.24, 2.45) is 5.92 Å². The Morgan fingerprint density at radius 1 is 1.29 bits per heavy atom. The van der Waals surface area contributed by atoms with Crippen LogP contribution in [0.15, 0.2) is 59.7 Å². The third kappa shape index (κ3) is 5.00. The van der Waals surface area contributed by atoms with Crippen LogP contribution in [0, 0.1) is 12.8 Å². The van der Waals surface area contributed by atoms with Crippen LogP contribution in [-0.4, -0.2) is 35.7 Å². The van der Waals surface area contributed by atoms with Gasteiger partial charge < -0.3 is 19.8 Å². The topological polar surface area (TPSA) is 93.3 Å². The number of H-pyrrole nitrogens is 1. The van der Waals surface area contributed by atoms with Crippen molar-refractivity contribution in [2.75, 3.05) is 19.8 Å². The number of nitrogens with zero attached hydrogens (tertiary/aromatic N) is 1. The van der Waals surface area contributed by atoms with Gasteiger partial charge in [0, 0.05) is 42.1 Å². The highest BCUT2D eigenvalue weighted by atomic mass is 16.5. The molecule has 1 unspecified atom stereocenters. The molecule has 4 rings (SSSR count). The molecule has 0 aliphatic carbocycles. The van der Waals surface area contributed by atoms with Crippen molar-refractivity contribution in [3.8, 4) is 16.9 Å². The Kier molecular flexibility index (Phi) is 6.43. The number of hydrogen-bond donors (Lipinski definition) is 2. The third-order valence-electron chi connectivity index (χ3n) is 5.38. The molecule has 0 bridgehead atoms. The number of ether oxygens (including phenoxy) is 2. The predicted octanol–water partition coefficient (Wildman–Crippen LogP) is 3.09. The molecule has 7 heteroatoms. The fourth-order valence-corrected chi connectivity index (χ4v) is 3.59. The third-order valence-corrected chi connectivity index (χ3v) is 5.38. The lowest BCUT2D eigenvalue weighted by molar-refractivity contribution is 0.0949. The SMILES string of the molecule is Cc1[nH]c(=O)c(C(=O)NCc2ccncc2OCC2CCOC2)cc1-c1ccccc1. The van der Waals surface area contributed by atoms with Crippen molar-refractivity contribution in [3.05, 3.63) is 82.0 Å². The maximum absolute atomic E-state index is 12.8. The number of rotatable bonds is 7. The van der Waals surface area contributed by atoms with Gasteiger partial charge in [-0.05, 0) is 31.0 Å². The van der Waals surface area contributed by atoms with Crippen LogP contribution < -0.4 is 15.6 Å². The highest BCUT2D eigenvalue weighted by Crippen LogP contribution is 2.22. The number of pyridine rings is 2. The largest absolute Gasteiger partial charge is 0.491 e. The van der Waals surface area contributed by atoms with Crippen molar-refractivity contribution in [1.82, 2.24) is 15.3 Å². The van der Waals surface area contributed by atoms with E-state index in [0.29, 0.717) is 30.6 Å². The number of aryl methyl sites for hydroxylation is 1. The Morgan fingerprint density at radius 3 is 2.90 bits per heavy atom. The van der Waals surface area contributed by atoms with Crippen molar-refractivity contribution in [3.63, 3.8) is 0 Å². The molecular weight excluding hydrogens is 394 g/mol. The minimum absolute atomic E-state index is 0.0732. The minimum Gasteiger partial charge on any atom is -0.491 e. The number of benzene rings is 1. The van der Waals surface area contributed by atoms with Crippen molar-refractivity contribution >= 4 is 5.91 Å². The molecule has 1 aromatic carbocycles. The van der Waals surface area contributed by atoms with E-state index in [1.807, 2.05) is 37.3 Å². The molecular formula is C24H25N3O4. The quantitative estimate of drug-likeness (QED) is 0.614. The first-order chi connectivity index (χ1) is 15.1. The summed E-state index contributed by atoms with van der Waals surface area (Å²) in [5.74, 6) is 0.549. The summed E-state index contributed by atoms with van der Waals surface area (Å²) in [4.78, 5) is 32.1. The van der Waals surface area contributed by atoms with Gasteiger partial charge in [-0.3, -0.25) is 14.6 Å². The van der Waals surface area contributed by atoms with Crippen LogP contribution in [0.3, 0.4) is 0 Å². The Labute approximate surface area is 180 Å². The van der Waals surface area contributed by atoms with Crippen LogP contribution in [0.25, 0.3) is 11.1 Å². The number of carbonyl (C=O) groups is 1. The molecule has 0 saturated carbocycles. The van der Waals surface area contributed by atoms with Crippen LogP contribution in [0.2, 0.25) is 0 Å². The first-order valence-corrected chi connectivity index (χ1v) is 10.3. The average molecular weight is 419 g/mol. The average Bonchev–Trinajstić information content (AvgIpc) is 3.31. The van der Waals surface area contributed by atoms with Gasteiger partial charge >= 0.3 is 0 Å². The van der Waals surface area contributed by atoms with Crippen LogP contribution in [0.1, 0.15) is 28.0 Å². The normalized spacial score (nSPS) is 15.6. The first-order valence-electron chi connectivity index (χ1n) is 10.3. The van der Waals surface area contributed by atoms with E-state index >= 15 is 0 Å². The predicted molar refractivity (Wildman–Crippen MR) is 117 cm³/mol. The van der Waals surface area contributed by atoms with E-state index in [1.165, 1.54) is 0 Å². The summed E-state index contributed by atoms with van der Waals surface area (Å²) in [6.07, 6.45) is 4.27. The molecule has 0 radical (unpaired) electrons. The summed E-state index contributed by atoms with van der Waals surface area (Å²) in [5.41, 5.74) is 2.93. The maximum Gasteiger partial charge on any atom is 0.261 e. The van der Waals surface area contributed by atoms with E-state index in [2.05, 4.69) is 15.3 Å². The van der Waals surface area contributed by atoms with Gasteiger partial charge in [-0.2, -0.15) is 0 Å². The molecule has 1 saturated heterocycles. The monoisotopic (exact) mass is 419 g/mol. The zero-order valence-corrected chi connectivity index (χ0v) is 17.4. The number of hydrogen-bond acceptors (Lipinski definition) is 5. The summed E-state index contributed by atoms with van der Waals surface area (Å²) >= 11 is 0. The van der Waals surface area contributed by atoms with Gasteiger partial charge in [-0.1, -0.05) is 30.3 Å². The maximum atomic E-state index is 12.8. The number of nitrogens with one attached hydrogen (secondary N) is 2. The Bertz CT molecular complexity index is 1110. The van der Waals surface area contributed by atoms with Crippen LogP contribution in [0.4, 0.5) is 0 Å². The standard InChI is InChI=1S/C24H25N3O4/c1-16-20(18-5-3-2-4-6-18)11-21(24(29)27-16)23(28)26-12-19-7-9-25-13-22(19)31-15-17-8-10-30-14-17/h2-7,9,11,13,17H,8,10,12,14-15H2,1H3,(H,26,28)(H,27,29). The van der Waals surface area contributed by atoms with Crippen LogP contribution in [0.5, 0.6) is 5.75 Å². The van der Waals surface area contributed by atoms with E-state index in [4.69, 9.17) is 9.47 Å². The lowest BCUT2D eigenvalue weighted by Gasteiger charge is -2.14. The fraction of sp³-hybridized carbons (Fsp3) is 0.292. The molecule has 1 aliphatic rings. The molecule has 31 heavy (non-hydrogen) atoms. The second-order valence-electron chi connectivity index (χ2n) is 7.62. The highest BCUT2D eigenvalue weighted by Gasteiger charge is 2.18. The minimum atomic E-state index is -0.439. The van der Waals surface area contributed by atoms with E-state index in [-0.39, 0.29) is 12.1 Å². The molecule has 1 aliphatic heterocycles. The van der Waals surface area contributed by atoms with E-state index < -0.39 is 11.5 Å². The Balaban J connectivity index is 1.47. The molecule has 160 valence electrons. The lowest BCUT2D eigenvalue weighted by atomic mass is 10.0. The molecule has 7 nitrogen and oxygen atoms in total. The number of amides is 1. The second kappa shape index (κ2) is 9.57. The first kappa shape index (κ1) is 20.8. The molecule has 2 N–H and O–H groups in total. The summed E-state index contributed by atoms with van der Waals surface area (Å²) in [6, 6.07) is 13.1. The number of aromatic nitrogens is 2. The lowest BCUT2D eigenvalue weighted by Crippen LogP contribution is -2.30. The van der Waals surface area contributed by atoms with Gasteiger partial charge in [0.1, 0.15) is 11.3 Å². The molecule has 3 heterocycles. The molecule has 3 aromatic rings. The fourth-order valence-electron chi connectivity index (χ4n) is 3.59. The number of aromatic amines is 1. The molecule has 1 amide bonds. The molecule has 0 spiro atoms. The highest BCUT2D eigenvalue weighted by molar-refractivity contribution is 5.95. The summed E-state index contributed by atoms with van der Waals surface area (Å²) in [5, 5.41) is 2.83. The zero-order chi connectivity index (χ0) is 21.6.